The van der Waals surface area contributed by atoms with Crippen LogP contribution in [0.5, 0.6) is 0 Å². The number of rotatable bonds is 4. The lowest BCUT2D eigenvalue weighted by Crippen LogP contribution is -2.40. The van der Waals surface area contributed by atoms with Crippen molar-refractivity contribution in [3.8, 4) is 0 Å². The van der Waals surface area contributed by atoms with Crippen molar-refractivity contribution >= 4 is 11.8 Å². The number of likely N-dealkylation sites (tertiary alicyclic amines) is 1. The monoisotopic (exact) mass is 328 g/mol. The van der Waals surface area contributed by atoms with Crippen molar-refractivity contribution in [2.75, 3.05) is 13.1 Å². The highest BCUT2D eigenvalue weighted by atomic mass is 19.4. The first-order chi connectivity index (χ1) is 10.8. The van der Waals surface area contributed by atoms with Crippen molar-refractivity contribution in [3.05, 3.63) is 35.4 Å². The molecule has 1 heterocycles. The van der Waals surface area contributed by atoms with E-state index in [1.165, 1.54) is 12.1 Å². The number of nitrogens with zero attached hydrogens (tertiary/aromatic N) is 1. The van der Waals surface area contributed by atoms with Crippen molar-refractivity contribution in [2.45, 2.75) is 31.9 Å². The molecule has 0 atom stereocenters. The van der Waals surface area contributed by atoms with Crippen molar-refractivity contribution in [1.82, 2.24) is 4.90 Å². The zero-order valence-electron chi connectivity index (χ0n) is 12.6. The summed E-state index contributed by atoms with van der Waals surface area (Å²) in [6, 6.07) is 4.64. The summed E-state index contributed by atoms with van der Waals surface area (Å²) in [4.78, 5) is 24.8. The Morgan fingerprint density at radius 2 is 1.70 bits per heavy atom. The standard InChI is InChI=1S/C16H19F3N2O2/c17-16(18,19)13-3-1-11(2-4-13)10-15(23)21-7-5-12(6-8-21)9-14(20)22/h1-4,12H,5-10H2,(H2,20,22). The number of amides is 2. The molecule has 0 saturated carbocycles. The summed E-state index contributed by atoms with van der Waals surface area (Å²) >= 11 is 0. The second-order valence-corrected chi connectivity index (χ2v) is 5.87. The van der Waals surface area contributed by atoms with Crippen LogP contribution in [-0.2, 0) is 22.2 Å². The fourth-order valence-corrected chi connectivity index (χ4v) is 2.77. The zero-order valence-corrected chi connectivity index (χ0v) is 12.6. The van der Waals surface area contributed by atoms with Crippen LogP contribution in [0, 0.1) is 5.92 Å². The van der Waals surface area contributed by atoms with E-state index in [0.29, 0.717) is 25.1 Å². The van der Waals surface area contributed by atoms with E-state index in [-0.39, 0.29) is 24.2 Å². The Morgan fingerprint density at radius 1 is 1.13 bits per heavy atom. The van der Waals surface area contributed by atoms with Gasteiger partial charge in [-0.2, -0.15) is 13.2 Å². The van der Waals surface area contributed by atoms with Gasteiger partial charge in [0, 0.05) is 19.5 Å². The molecule has 7 heteroatoms. The molecule has 1 aliphatic rings. The zero-order chi connectivity index (χ0) is 17.0. The van der Waals surface area contributed by atoms with Gasteiger partial charge in [0.05, 0.1) is 12.0 Å². The molecular weight excluding hydrogens is 309 g/mol. The maximum Gasteiger partial charge on any atom is 0.416 e. The van der Waals surface area contributed by atoms with Crippen molar-refractivity contribution in [3.63, 3.8) is 0 Å². The number of primary amides is 1. The van der Waals surface area contributed by atoms with Gasteiger partial charge in [-0.1, -0.05) is 12.1 Å². The Kier molecular flexibility index (Phi) is 5.28. The van der Waals surface area contributed by atoms with Gasteiger partial charge in [-0.3, -0.25) is 9.59 Å². The van der Waals surface area contributed by atoms with E-state index in [4.69, 9.17) is 5.73 Å². The predicted molar refractivity (Wildman–Crippen MR) is 78.3 cm³/mol. The van der Waals surface area contributed by atoms with E-state index in [9.17, 15) is 22.8 Å². The first-order valence-electron chi connectivity index (χ1n) is 7.48. The number of carbonyl (C=O) groups is 2. The molecule has 0 unspecified atom stereocenters. The molecule has 0 radical (unpaired) electrons. The van der Waals surface area contributed by atoms with Crippen molar-refractivity contribution in [2.24, 2.45) is 11.7 Å². The number of benzene rings is 1. The topological polar surface area (TPSA) is 63.4 Å². The van der Waals surface area contributed by atoms with Gasteiger partial charge in [0.25, 0.3) is 0 Å². The smallest absolute Gasteiger partial charge is 0.370 e. The Morgan fingerprint density at radius 3 is 2.17 bits per heavy atom. The molecule has 1 aromatic rings. The van der Waals surface area contributed by atoms with Gasteiger partial charge in [-0.05, 0) is 36.5 Å². The van der Waals surface area contributed by atoms with E-state index in [2.05, 4.69) is 0 Å². The maximum atomic E-state index is 12.5. The molecule has 4 nitrogen and oxygen atoms in total. The first kappa shape index (κ1) is 17.3. The molecule has 1 aliphatic heterocycles. The molecule has 2 rings (SSSR count). The third-order valence-electron chi connectivity index (χ3n) is 4.09. The average molecular weight is 328 g/mol. The van der Waals surface area contributed by atoms with Gasteiger partial charge in [0.2, 0.25) is 11.8 Å². The SMILES string of the molecule is NC(=O)CC1CCN(C(=O)Cc2ccc(C(F)(F)F)cc2)CC1. The Bertz CT molecular complexity index is 562. The number of nitrogens with two attached hydrogens (primary N) is 1. The number of hydrogen-bond acceptors (Lipinski definition) is 2. The molecule has 0 aromatic heterocycles. The number of alkyl halides is 3. The number of carbonyl (C=O) groups excluding carboxylic acids is 2. The molecule has 23 heavy (non-hydrogen) atoms. The maximum absolute atomic E-state index is 12.5. The van der Waals surface area contributed by atoms with Crippen LogP contribution in [0.15, 0.2) is 24.3 Å². The van der Waals surface area contributed by atoms with E-state index >= 15 is 0 Å². The van der Waals surface area contributed by atoms with Gasteiger partial charge in [0.1, 0.15) is 0 Å². The van der Waals surface area contributed by atoms with E-state index in [0.717, 1.165) is 25.0 Å². The molecule has 2 amide bonds. The van der Waals surface area contributed by atoms with Crippen LogP contribution in [0.4, 0.5) is 13.2 Å². The molecule has 0 aliphatic carbocycles. The number of halogens is 3. The Labute approximate surface area is 132 Å². The van der Waals surface area contributed by atoms with Crippen molar-refractivity contribution < 1.29 is 22.8 Å². The molecule has 2 N–H and O–H groups in total. The third kappa shape index (κ3) is 4.97. The summed E-state index contributed by atoms with van der Waals surface area (Å²) in [7, 11) is 0. The average Bonchev–Trinajstić information content (AvgIpc) is 2.47. The van der Waals surface area contributed by atoms with Gasteiger partial charge in [0.15, 0.2) is 0 Å². The minimum Gasteiger partial charge on any atom is -0.370 e. The van der Waals surface area contributed by atoms with Gasteiger partial charge < -0.3 is 10.6 Å². The Hall–Kier alpha value is -2.05. The van der Waals surface area contributed by atoms with Crippen LogP contribution in [0.1, 0.15) is 30.4 Å². The molecule has 126 valence electrons. The van der Waals surface area contributed by atoms with Crippen LogP contribution in [0.25, 0.3) is 0 Å². The summed E-state index contributed by atoms with van der Waals surface area (Å²) in [5.41, 5.74) is 5.00. The molecule has 1 fully saturated rings. The second-order valence-electron chi connectivity index (χ2n) is 5.87. The summed E-state index contributed by atoms with van der Waals surface area (Å²) < 4.78 is 37.5. The second kappa shape index (κ2) is 7.02. The normalized spacial score (nSPS) is 16.4. The van der Waals surface area contributed by atoms with Crippen LogP contribution < -0.4 is 5.73 Å². The van der Waals surface area contributed by atoms with Crippen LogP contribution in [0.2, 0.25) is 0 Å². The summed E-state index contributed by atoms with van der Waals surface area (Å²) in [6.45, 7) is 1.11. The van der Waals surface area contributed by atoms with Crippen LogP contribution in [-0.4, -0.2) is 29.8 Å². The lowest BCUT2D eigenvalue weighted by atomic mass is 9.93. The quantitative estimate of drug-likeness (QED) is 0.922. The van der Waals surface area contributed by atoms with Crippen LogP contribution >= 0.6 is 0 Å². The fourth-order valence-electron chi connectivity index (χ4n) is 2.77. The molecule has 0 bridgehead atoms. The third-order valence-corrected chi connectivity index (χ3v) is 4.09. The number of piperidine rings is 1. The Balaban J connectivity index is 1.87. The lowest BCUT2D eigenvalue weighted by molar-refractivity contribution is -0.137. The van der Waals surface area contributed by atoms with Gasteiger partial charge in [-0.25, -0.2) is 0 Å². The summed E-state index contributed by atoms with van der Waals surface area (Å²) in [6.07, 6.45) is -2.51. The van der Waals surface area contributed by atoms with Crippen LogP contribution in [0.3, 0.4) is 0 Å². The highest BCUT2D eigenvalue weighted by molar-refractivity contribution is 5.79. The van der Waals surface area contributed by atoms with E-state index in [1.807, 2.05) is 0 Å². The molecule has 0 spiro atoms. The molecule has 1 saturated heterocycles. The summed E-state index contributed by atoms with van der Waals surface area (Å²) in [5, 5.41) is 0. The minimum atomic E-state index is -4.37. The predicted octanol–water partition coefficient (Wildman–Crippen LogP) is 2.36. The van der Waals surface area contributed by atoms with Gasteiger partial charge >= 0.3 is 6.18 Å². The largest absolute Gasteiger partial charge is 0.416 e. The van der Waals surface area contributed by atoms with Crippen molar-refractivity contribution in [1.29, 1.82) is 0 Å². The van der Waals surface area contributed by atoms with E-state index in [1.54, 1.807) is 4.90 Å². The number of hydrogen-bond donors (Lipinski definition) is 1. The first-order valence-corrected chi connectivity index (χ1v) is 7.48. The highest BCUT2D eigenvalue weighted by Crippen LogP contribution is 2.29. The minimum absolute atomic E-state index is 0.0820. The highest BCUT2D eigenvalue weighted by Gasteiger charge is 2.30. The molecule has 1 aromatic carbocycles. The lowest BCUT2D eigenvalue weighted by Gasteiger charge is -2.31. The van der Waals surface area contributed by atoms with E-state index < -0.39 is 11.7 Å². The summed E-state index contributed by atoms with van der Waals surface area (Å²) in [5.74, 6) is -0.232. The fraction of sp³-hybridized carbons (Fsp3) is 0.500. The van der Waals surface area contributed by atoms with Gasteiger partial charge in [-0.15, -0.1) is 0 Å². The molecular formula is C16H19F3N2O2.